The molecule has 5 nitrogen and oxygen atoms in total. The molecule has 0 unspecified atom stereocenters. The highest BCUT2D eigenvalue weighted by Crippen LogP contribution is 2.30. The molecule has 2 aromatic carbocycles. The van der Waals surface area contributed by atoms with Gasteiger partial charge < -0.3 is 24.8 Å². The van der Waals surface area contributed by atoms with Crippen LogP contribution >= 0.6 is 12.2 Å². The van der Waals surface area contributed by atoms with Crippen LogP contribution in [0, 0.1) is 0 Å². The first-order valence-corrected chi connectivity index (χ1v) is 7.73. The first kappa shape index (κ1) is 15.4. The maximum absolute atomic E-state index is 5.87. The molecule has 1 aliphatic heterocycles. The van der Waals surface area contributed by atoms with Crippen molar-refractivity contribution in [2.75, 3.05) is 25.6 Å². The van der Waals surface area contributed by atoms with Crippen LogP contribution in [-0.4, -0.2) is 31.5 Å². The van der Waals surface area contributed by atoms with Crippen molar-refractivity contribution in [2.24, 2.45) is 0 Å². The molecule has 0 amide bonds. The van der Waals surface area contributed by atoms with Crippen LogP contribution in [0.2, 0.25) is 0 Å². The van der Waals surface area contributed by atoms with Crippen molar-refractivity contribution >= 4 is 23.0 Å². The van der Waals surface area contributed by atoms with Gasteiger partial charge in [0.05, 0.1) is 13.7 Å². The van der Waals surface area contributed by atoms with E-state index in [2.05, 4.69) is 10.6 Å². The van der Waals surface area contributed by atoms with Crippen LogP contribution in [0.25, 0.3) is 0 Å². The zero-order valence-corrected chi connectivity index (χ0v) is 13.6. The number of benzene rings is 2. The van der Waals surface area contributed by atoms with Gasteiger partial charge in [-0.2, -0.15) is 0 Å². The third kappa shape index (κ3) is 4.04. The molecule has 1 atom stereocenters. The minimum absolute atomic E-state index is 0.0880. The molecule has 1 aliphatic rings. The van der Waals surface area contributed by atoms with E-state index in [-0.39, 0.29) is 6.10 Å². The molecular weight excluding hydrogens is 312 g/mol. The Morgan fingerprint density at radius 3 is 2.87 bits per heavy atom. The Hall–Kier alpha value is -2.47. The number of methoxy groups -OCH3 is 1. The maximum Gasteiger partial charge on any atom is 0.170 e. The fourth-order valence-electron chi connectivity index (χ4n) is 2.25. The zero-order valence-electron chi connectivity index (χ0n) is 12.7. The van der Waals surface area contributed by atoms with Gasteiger partial charge in [0.25, 0.3) is 0 Å². The van der Waals surface area contributed by atoms with Gasteiger partial charge in [0.1, 0.15) is 18.5 Å². The van der Waals surface area contributed by atoms with E-state index in [0.29, 0.717) is 18.3 Å². The van der Waals surface area contributed by atoms with Crippen molar-refractivity contribution in [2.45, 2.75) is 6.10 Å². The van der Waals surface area contributed by atoms with Gasteiger partial charge in [-0.05, 0) is 36.5 Å². The van der Waals surface area contributed by atoms with E-state index in [1.54, 1.807) is 7.11 Å². The van der Waals surface area contributed by atoms with Crippen molar-refractivity contribution in [3.8, 4) is 17.2 Å². The van der Waals surface area contributed by atoms with E-state index in [0.717, 1.165) is 22.9 Å². The number of hydrogen-bond donors (Lipinski definition) is 2. The van der Waals surface area contributed by atoms with Crippen molar-refractivity contribution in [1.82, 2.24) is 5.32 Å². The monoisotopic (exact) mass is 330 g/mol. The number of nitrogens with one attached hydrogen (secondary N) is 2. The van der Waals surface area contributed by atoms with Gasteiger partial charge in [0.15, 0.2) is 16.6 Å². The van der Waals surface area contributed by atoms with Gasteiger partial charge in [0, 0.05) is 11.8 Å². The van der Waals surface area contributed by atoms with Crippen molar-refractivity contribution in [1.29, 1.82) is 0 Å². The third-order valence-corrected chi connectivity index (χ3v) is 3.63. The number of thiocarbonyl (C=S) groups is 1. The van der Waals surface area contributed by atoms with E-state index in [4.69, 9.17) is 26.4 Å². The summed E-state index contributed by atoms with van der Waals surface area (Å²) >= 11 is 5.30. The number of ether oxygens (including phenoxy) is 3. The number of anilines is 1. The van der Waals surface area contributed by atoms with E-state index in [1.165, 1.54) is 0 Å². The predicted molar refractivity (Wildman–Crippen MR) is 93.6 cm³/mol. The molecule has 6 heteroatoms. The zero-order chi connectivity index (χ0) is 16.1. The molecule has 0 bridgehead atoms. The van der Waals surface area contributed by atoms with Gasteiger partial charge in [-0.3, -0.25) is 0 Å². The molecule has 2 N–H and O–H groups in total. The highest BCUT2D eigenvalue weighted by molar-refractivity contribution is 7.80. The molecule has 0 radical (unpaired) electrons. The van der Waals surface area contributed by atoms with Crippen LogP contribution in [-0.2, 0) is 0 Å². The highest BCUT2D eigenvalue weighted by Gasteiger charge is 2.20. The van der Waals surface area contributed by atoms with Gasteiger partial charge in [-0.25, -0.2) is 0 Å². The molecule has 3 rings (SSSR count). The first-order chi connectivity index (χ1) is 11.2. The molecular formula is C17H18N2O3S. The largest absolute Gasteiger partial charge is 0.497 e. The van der Waals surface area contributed by atoms with Crippen LogP contribution in [0.3, 0.4) is 0 Å². The van der Waals surface area contributed by atoms with Crippen molar-refractivity contribution < 1.29 is 14.2 Å². The quantitative estimate of drug-likeness (QED) is 0.841. The minimum atomic E-state index is -0.0880. The highest BCUT2D eigenvalue weighted by atomic mass is 32.1. The summed E-state index contributed by atoms with van der Waals surface area (Å²) in [5, 5.41) is 6.79. The molecule has 0 aromatic heterocycles. The van der Waals surface area contributed by atoms with Gasteiger partial charge in [-0.15, -0.1) is 0 Å². The summed E-state index contributed by atoms with van der Waals surface area (Å²) in [6.45, 7) is 1.05. The summed E-state index contributed by atoms with van der Waals surface area (Å²) in [5.41, 5.74) is 0.869. The molecule has 23 heavy (non-hydrogen) atoms. The summed E-state index contributed by atoms with van der Waals surface area (Å²) < 4.78 is 16.7. The molecule has 0 saturated heterocycles. The summed E-state index contributed by atoms with van der Waals surface area (Å²) in [5.74, 6) is 2.32. The minimum Gasteiger partial charge on any atom is -0.497 e. The van der Waals surface area contributed by atoms with Gasteiger partial charge in [0.2, 0.25) is 0 Å². The second-order valence-corrected chi connectivity index (χ2v) is 5.47. The Balaban J connectivity index is 1.50. The summed E-state index contributed by atoms with van der Waals surface area (Å²) in [4.78, 5) is 0. The topological polar surface area (TPSA) is 51.8 Å². The smallest absolute Gasteiger partial charge is 0.170 e. The van der Waals surface area contributed by atoms with Crippen LogP contribution in [0.15, 0.2) is 48.5 Å². The van der Waals surface area contributed by atoms with Crippen LogP contribution in [0.5, 0.6) is 17.2 Å². The molecule has 0 saturated carbocycles. The summed E-state index contributed by atoms with van der Waals surface area (Å²) in [6, 6.07) is 15.2. The first-order valence-electron chi connectivity index (χ1n) is 7.32. The Morgan fingerprint density at radius 2 is 2.04 bits per heavy atom. The van der Waals surface area contributed by atoms with Gasteiger partial charge >= 0.3 is 0 Å². The number of hydrogen-bond acceptors (Lipinski definition) is 4. The van der Waals surface area contributed by atoms with Crippen molar-refractivity contribution in [3.05, 3.63) is 48.5 Å². The van der Waals surface area contributed by atoms with Crippen LogP contribution in [0.1, 0.15) is 0 Å². The van der Waals surface area contributed by atoms with E-state index in [1.807, 2.05) is 48.5 Å². The van der Waals surface area contributed by atoms with Crippen LogP contribution in [0.4, 0.5) is 5.69 Å². The molecule has 0 spiro atoms. The average Bonchev–Trinajstić information content (AvgIpc) is 2.60. The van der Waals surface area contributed by atoms with Crippen LogP contribution < -0.4 is 24.8 Å². The fourth-order valence-corrected chi connectivity index (χ4v) is 2.45. The normalized spacial score (nSPS) is 15.6. The lowest BCUT2D eigenvalue weighted by Crippen LogP contribution is -2.42. The second-order valence-electron chi connectivity index (χ2n) is 5.06. The Morgan fingerprint density at radius 1 is 1.22 bits per heavy atom. The Bertz CT molecular complexity index is 693. The summed E-state index contributed by atoms with van der Waals surface area (Å²) in [7, 11) is 1.63. The summed E-state index contributed by atoms with van der Waals surface area (Å²) in [6.07, 6.45) is -0.0880. The molecule has 120 valence electrons. The average molecular weight is 330 g/mol. The van der Waals surface area contributed by atoms with E-state index >= 15 is 0 Å². The Labute approximate surface area is 140 Å². The van der Waals surface area contributed by atoms with Crippen molar-refractivity contribution in [3.63, 3.8) is 0 Å². The molecule has 0 aliphatic carbocycles. The number of para-hydroxylation sites is 2. The molecule has 2 aromatic rings. The standard InChI is InChI=1S/C17H18N2O3S/c1-20-13-6-4-5-12(9-13)19-17(23)18-10-14-11-21-15-7-2-3-8-16(15)22-14/h2-9,14H,10-11H2,1H3,(H2,18,19,23)/t14-/m1/s1. The van der Waals surface area contributed by atoms with Gasteiger partial charge in [-0.1, -0.05) is 18.2 Å². The SMILES string of the molecule is COc1cccc(NC(=S)NC[C@@H]2COc3ccccc3O2)c1. The predicted octanol–water partition coefficient (Wildman–Crippen LogP) is 2.82. The molecule has 0 fully saturated rings. The van der Waals surface area contributed by atoms with E-state index < -0.39 is 0 Å². The molecule has 1 heterocycles. The van der Waals surface area contributed by atoms with E-state index in [9.17, 15) is 0 Å². The fraction of sp³-hybridized carbons (Fsp3) is 0.235. The lowest BCUT2D eigenvalue weighted by molar-refractivity contribution is 0.0939. The lowest BCUT2D eigenvalue weighted by Gasteiger charge is -2.27. The maximum atomic E-state index is 5.87. The number of fused-ring (bicyclic) bond motifs is 1. The lowest BCUT2D eigenvalue weighted by atomic mass is 10.2. The Kier molecular flexibility index (Phi) is 4.83. The second kappa shape index (κ2) is 7.19. The number of rotatable bonds is 4. The third-order valence-electron chi connectivity index (χ3n) is 3.39.